The smallest absolute Gasteiger partial charge is 0.328 e. The molecule has 0 aliphatic carbocycles. The van der Waals surface area contributed by atoms with E-state index < -0.39 is 6.04 Å². The molecule has 92 valence electrons. The zero-order chi connectivity index (χ0) is 13.0. The van der Waals surface area contributed by atoms with E-state index in [0.717, 1.165) is 11.3 Å². The Labute approximate surface area is 106 Å². The van der Waals surface area contributed by atoms with E-state index in [1.807, 2.05) is 24.3 Å². The fourth-order valence-electron chi connectivity index (χ4n) is 1.53. The molecular formula is C12H16N2O2S. The molecule has 1 atom stereocenters. The van der Waals surface area contributed by atoms with Gasteiger partial charge in [-0.25, -0.2) is 4.79 Å². The number of nitrogens with zero attached hydrogens (tertiary/aromatic N) is 1. The summed E-state index contributed by atoms with van der Waals surface area (Å²) in [5.41, 5.74) is 7.22. The molecular weight excluding hydrogens is 236 g/mol. The van der Waals surface area contributed by atoms with E-state index in [9.17, 15) is 4.79 Å². The molecule has 0 heterocycles. The molecule has 1 rings (SSSR count). The van der Waals surface area contributed by atoms with Gasteiger partial charge in [0, 0.05) is 18.3 Å². The summed E-state index contributed by atoms with van der Waals surface area (Å²) in [6, 6.07) is 7.04. The summed E-state index contributed by atoms with van der Waals surface area (Å²) in [4.78, 5) is 13.6. The van der Waals surface area contributed by atoms with Crippen molar-refractivity contribution in [2.45, 2.75) is 13.0 Å². The predicted octanol–water partition coefficient (Wildman–Crippen LogP) is 1.32. The first kappa shape index (κ1) is 13.4. The summed E-state index contributed by atoms with van der Waals surface area (Å²) in [6.07, 6.45) is 0. The molecule has 0 fully saturated rings. The standard InChI is InChI=1S/C12H16N2O2S/c1-8(12(15)16-3)14(2)10-7-5-4-6-9(10)11(13)17/h4-8H,1-3H3,(H2,13,17). The van der Waals surface area contributed by atoms with E-state index in [2.05, 4.69) is 0 Å². The second-order valence-corrected chi connectivity index (χ2v) is 4.13. The number of para-hydroxylation sites is 1. The van der Waals surface area contributed by atoms with Crippen LogP contribution in [0.25, 0.3) is 0 Å². The molecule has 0 saturated heterocycles. The molecule has 0 spiro atoms. The molecule has 0 aliphatic heterocycles. The van der Waals surface area contributed by atoms with Crippen molar-refractivity contribution in [1.29, 1.82) is 0 Å². The number of thiocarbonyl (C=S) groups is 1. The lowest BCUT2D eigenvalue weighted by Crippen LogP contribution is -2.37. The maximum Gasteiger partial charge on any atom is 0.328 e. The van der Waals surface area contributed by atoms with Gasteiger partial charge in [-0.05, 0) is 19.1 Å². The summed E-state index contributed by atoms with van der Waals surface area (Å²) in [7, 11) is 3.17. The average molecular weight is 252 g/mol. The minimum absolute atomic E-state index is 0.301. The second-order valence-electron chi connectivity index (χ2n) is 3.69. The van der Waals surface area contributed by atoms with E-state index in [1.54, 1.807) is 18.9 Å². The number of esters is 1. The molecule has 1 unspecified atom stereocenters. The molecule has 2 N–H and O–H groups in total. The summed E-state index contributed by atoms with van der Waals surface area (Å²) in [5.74, 6) is -0.301. The van der Waals surface area contributed by atoms with Gasteiger partial charge >= 0.3 is 5.97 Å². The van der Waals surface area contributed by atoms with Crippen LogP contribution in [0.3, 0.4) is 0 Å². The van der Waals surface area contributed by atoms with E-state index in [0.29, 0.717) is 4.99 Å². The number of nitrogens with two attached hydrogens (primary N) is 1. The third kappa shape index (κ3) is 2.94. The maximum atomic E-state index is 11.5. The molecule has 0 bridgehead atoms. The van der Waals surface area contributed by atoms with E-state index in [-0.39, 0.29) is 5.97 Å². The van der Waals surface area contributed by atoms with Gasteiger partial charge in [-0.1, -0.05) is 24.4 Å². The molecule has 0 saturated carbocycles. The molecule has 0 aromatic heterocycles. The number of benzene rings is 1. The summed E-state index contributed by atoms with van der Waals surface area (Å²) in [6.45, 7) is 1.77. The van der Waals surface area contributed by atoms with Crippen molar-refractivity contribution >= 4 is 28.9 Å². The highest BCUT2D eigenvalue weighted by Crippen LogP contribution is 2.21. The van der Waals surface area contributed by atoms with Crippen molar-refractivity contribution < 1.29 is 9.53 Å². The second kappa shape index (κ2) is 5.63. The van der Waals surface area contributed by atoms with Crippen LogP contribution in [0, 0.1) is 0 Å². The highest BCUT2D eigenvalue weighted by atomic mass is 32.1. The average Bonchev–Trinajstić information content (AvgIpc) is 2.35. The molecule has 5 heteroatoms. The number of methoxy groups -OCH3 is 1. The predicted molar refractivity (Wildman–Crippen MR) is 72.2 cm³/mol. The Hall–Kier alpha value is -1.62. The minimum atomic E-state index is -0.393. The lowest BCUT2D eigenvalue weighted by Gasteiger charge is -2.26. The van der Waals surface area contributed by atoms with Gasteiger partial charge in [0.25, 0.3) is 0 Å². The van der Waals surface area contributed by atoms with Crippen LogP contribution < -0.4 is 10.6 Å². The number of carbonyl (C=O) groups excluding carboxylic acids is 1. The monoisotopic (exact) mass is 252 g/mol. The normalized spacial score (nSPS) is 11.7. The number of carbonyl (C=O) groups is 1. The maximum absolute atomic E-state index is 11.5. The number of hydrogen-bond acceptors (Lipinski definition) is 4. The van der Waals surface area contributed by atoms with Gasteiger partial charge in [-0.15, -0.1) is 0 Å². The summed E-state index contributed by atoms with van der Waals surface area (Å²) in [5, 5.41) is 0. The zero-order valence-corrected chi connectivity index (χ0v) is 11.0. The number of likely N-dealkylation sites (N-methyl/N-ethyl adjacent to an activating group) is 1. The minimum Gasteiger partial charge on any atom is -0.467 e. The van der Waals surface area contributed by atoms with Crippen LogP contribution in [0.1, 0.15) is 12.5 Å². The molecule has 1 aromatic rings. The third-order valence-electron chi connectivity index (χ3n) is 2.67. The largest absolute Gasteiger partial charge is 0.467 e. The van der Waals surface area contributed by atoms with Gasteiger partial charge < -0.3 is 15.4 Å². The van der Waals surface area contributed by atoms with Gasteiger partial charge in [0.1, 0.15) is 11.0 Å². The number of hydrogen-bond donors (Lipinski definition) is 1. The van der Waals surface area contributed by atoms with Crippen LogP contribution in [0.4, 0.5) is 5.69 Å². The third-order valence-corrected chi connectivity index (χ3v) is 2.89. The Morgan fingerprint density at radius 3 is 2.59 bits per heavy atom. The number of ether oxygens (including phenoxy) is 1. The quantitative estimate of drug-likeness (QED) is 0.647. The van der Waals surface area contributed by atoms with Crippen molar-refractivity contribution in [2.24, 2.45) is 5.73 Å². The van der Waals surface area contributed by atoms with Crippen molar-refractivity contribution in [1.82, 2.24) is 0 Å². The molecule has 0 amide bonds. The summed E-state index contributed by atoms with van der Waals surface area (Å²) >= 11 is 4.98. The van der Waals surface area contributed by atoms with Crippen molar-refractivity contribution in [3.05, 3.63) is 29.8 Å². The number of anilines is 1. The summed E-state index contributed by atoms with van der Waals surface area (Å²) < 4.78 is 4.71. The molecule has 4 nitrogen and oxygen atoms in total. The fraction of sp³-hybridized carbons (Fsp3) is 0.333. The van der Waals surface area contributed by atoms with Crippen molar-refractivity contribution in [3.8, 4) is 0 Å². The molecule has 1 aromatic carbocycles. The van der Waals surface area contributed by atoms with E-state index in [1.165, 1.54) is 7.11 Å². The van der Waals surface area contributed by atoms with Gasteiger partial charge in [0.15, 0.2) is 0 Å². The Bertz CT molecular complexity index is 434. The van der Waals surface area contributed by atoms with Gasteiger partial charge in [-0.3, -0.25) is 0 Å². The van der Waals surface area contributed by atoms with Crippen LogP contribution in [0.15, 0.2) is 24.3 Å². The molecule has 0 radical (unpaired) electrons. The Balaban J connectivity index is 3.07. The number of rotatable bonds is 4. The van der Waals surface area contributed by atoms with E-state index >= 15 is 0 Å². The Morgan fingerprint density at radius 2 is 2.06 bits per heavy atom. The first-order valence-electron chi connectivity index (χ1n) is 5.18. The molecule has 17 heavy (non-hydrogen) atoms. The van der Waals surface area contributed by atoms with Crippen molar-refractivity contribution in [2.75, 3.05) is 19.1 Å². The fourth-order valence-corrected chi connectivity index (χ4v) is 1.70. The van der Waals surface area contributed by atoms with Crippen LogP contribution >= 0.6 is 12.2 Å². The SMILES string of the molecule is COC(=O)C(C)N(C)c1ccccc1C(N)=S. The van der Waals surface area contributed by atoms with Crippen LogP contribution in [-0.4, -0.2) is 31.2 Å². The van der Waals surface area contributed by atoms with Crippen LogP contribution in [0.2, 0.25) is 0 Å². The van der Waals surface area contributed by atoms with E-state index in [4.69, 9.17) is 22.7 Å². The highest BCUT2D eigenvalue weighted by Gasteiger charge is 2.21. The highest BCUT2D eigenvalue weighted by molar-refractivity contribution is 7.80. The first-order chi connectivity index (χ1) is 7.99. The first-order valence-corrected chi connectivity index (χ1v) is 5.59. The van der Waals surface area contributed by atoms with Gasteiger partial charge in [-0.2, -0.15) is 0 Å². The lowest BCUT2D eigenvalue weighted by molar-refractivity contribution is -0.141. The molecule has 0 aliphatic rings. The Morgan fingerprint density at radius 1 is 1.47 bits per heavy atom. The van der Waals surface area contributed by atoms with Crippen molar-refractivity contribution in [3.63, 3.8) is 0 Å². The van der Waals surface area contributed by atoms with Crippen LogP contribution in [0.5, 0.6) is 0 Å². The Kier molecular flexibility index (Phi) is 4.45. The topological polar surface area (TPSA) is 55.6 Å². The van der Waals surface area contributed by atoms with Gasteiger partial charge in [0.2, 0.25) is 0 Å². The zero-order valence-electron chi connectivity index (χ0n) is 10.1. The lowest BCUT2D eigenvalue weighted by atomic mass is 10.1. The van der Waals surface area contributed by atoms with Crippen LogP contribution in [-0.2, 0) is 9.53 Å². The van der Waals surface area contributed by atoms with Gasteiger partial charge in [0.05, 0.1) is 7.11 Å².